The topological polar surface area (TPSA) is 41.1 Å². The summed E-state index contributed by atoms with van der Waals surface area (Å²) in [6.07, 6.45) is 11.1. The predicted octanol–water partition coefficient (Wildman–Crippen LogP) is 3.49. The Bertz CT molecular complexity index is 402. The molecule has 0 spiro atoms. The highest BCUT2D eigenvalue weighted by Gasteiger charge is 2.48. The summed E-state index contributed by atoms with van der Waals surface area (Å²) >= 11 is 0. The number of amides is 1. The molecule has 0 aromatic heterocycles. The first-order valence-corrected chi connectivity index (χ1v) is 9.50. The molecule has 2 bridgehead atoms. The summed E-state index contributed by atoms with van der Waals surface area (Å²) in [5.74, 6) is 2.52. The third-order valence-electron chi connectivity index (χ3n) is 6.74. The molecule has 3 aliphatic carbocycles. The van der Waals surface area contributed by atoms with Gasteiger partial charge in [-0.15, -0.1) is 0 Å². The van der Waals surface area contributed by atoms with Crippen LogP contribution in [0.3, 0.4) is 0 Å². The van der Waals surface area contributed by atoms with Crippen molar-refractivity contribution in [3.63, 3.8) is 0 Å². The van der Waals surface area contributed by atoms with E-state index in [-0.39, 0.29) is 5.41 Å². The minimum Gasteiger partial charge on any atom is -0.353 e. The van der Waals surface area contributed by atoms with Crippen LogP contribution >= 0.6 is 0 Å². The van der Waals surface area contributed by atoms with Crippen molar-refractivity contribution in [1.82, 2.24) is 10.6 Å². The standard InChI is InChI=1S/C19H34N2O/c1-13-9-14-10-15(17(13)20-3)12-19(2,11-14)18(22)21-16-7-5-4-6-8-16/h13-17,20H,4-12H2,1-3H3,(H,21,22). The van der Waals surface area contributed by atoms with E-state index in [0.717, 1.165) is 24.7 Å². The molecule has 3 heteroatoms. The summed E-state index contributed by atoms with van der Waals surface area (Å²) in [4.78, 5) is 13.0. The Kier molecular flexibility index (Phi) is 4.82. The van der Waals surface area contributed by atoms with Gasteiger partial charge < -0.3 is 10.6 Å². The number of nitrogens with one attached hydrogen (secondary N) is 2. The number of rotatable bonds is 3. The zero-order chi connectivity index (χ0) is 15.7. The summed E-state index contributed by atoms with van der Waals surface area (Å²) in [5.41, 5.74) is -0.139. The van der Waals surface area contributed by atoms with Crippen molar-refractivity contribution in [3.05, 3.63) is 0 Å². The summed E-state index contributed by atoms with van der Waals surface area (Å²) in [7, 11) is 2.09. The number of fused-ring (bicyclic) bond motifs is 2. The summed E-state index contributed by atoms with van der Waals surface area (Å²) in [5, 5.41) is 6.94. The fourth-order valence-corrected chi connectivity index (χ4v) is 5.80. The Balaban J connectivity index is 1.66. The van der Waals surface area contributed by atoms with Gasteiger partial charge in [-0.05, 0) is 63.3 Å². The maximum absolute atomic E-state index is 13.0. The first-order valence-electron chi connectivity index (χ1n) is 9.50. The fourth-order valence-electron chi connectivity index (χ4n) is 5.80. The Hall–Kier alpha value is -0.570. The minimum atomic E-state index is -0.139. The van der Waals surface area contributed by atoms with Gasteiger partial charge in [-0.25, -0.2) is 0 Å². The van der Waals surface area contributed by atoms with Crippen molar-refractivity contribution < 1.29 is 4.79 Å². The van der Waals surface area contributed by atoms with Crippen molar-refractivity contribution in [2.24, 2.45) is 23.2 Å². The molecular weight excluding hydrogens is 272 g/mol. The van der Waals surface area contributed by atoms with Crippen LogP contribution in [0.5, 0.6) is 0 Å². The largest absolute Gasteiger partial charge is 0.353 e. The Morgan fingerprint density at radius 2 is 1.82 bits per heavy atom. The minimum absolute atomic E-state index is 0.139. The lowest BCUT2D eigenvalue weighted by molar-refractivity contribution is -0.137. The van der Waals surface area contributed by atoms with Crippen molar-refractivity contribution >= 4 is 5.91 Å². The van der Waals surface area contributed by atoms with Crippen LogP contribution in [-0.4, -0.2) is 25.0 Å². The molecule has 126 valence electrons. The van der Waals surface area contributed by atoms with Crippen LogP contribution in [0.15, 0.2) is 0 Å². The zero-order valence-electron chi connectivity index (χ0n) is 14.7. The predicted molar refractivity (Wildman–Crippen MR) is 90.6 cm³/mol. The fraction of sp³-hybridized carbons (Fsp3) is 0.947. The number of hydrogen-bond acceptors (Lipinski definition) is 2. The van der Waals surface area contributed by atoms with Gasteiger partial charge in [0, 0.05) is 17.5 Å². The van der Waals surface area contributed by atoms with Crippen LogP contribution in [0.4, 0.5) is 0 Å². The molecule has 22 heavy (non-hydrogen) atoms. The molecule has 0 aromatic carbocycles. The molecule has 3 nitrogen and oxygen atoms in total. The van der Waals surface area contributed by atoms with Gasteiger partial charge >= 0.3 is 0 Å². The van der Waals surface area contributed by atoms with E-state index in [2.05, 4.69) is 31.5 Å². The van der Waals surface area contributed by atoms with Gasteiger partial charge in [-0.3, -0.25) is 4.79 Å². The van der Waals surface area contributed by atoms with Gasteiger partial charge in [0.2, 0.25) is 5.91 Å². The van der Waals surface area contributed by atoms with Crippen LogP contribution < -0.4 is 10.6 Å². The number of carbonyl (C=O) groups excluding carboxylic acids is 1. The SMILES string of the molecule is CNC1C(C)CC2CC1CC(C)(C(=O)NC1CCCCC1)C2. The highest BCUT2D eigenvalue weighted by molar-refractivity contribution is 5.82. The molecule has 5 unspecified atom stereocenters. The van der Waals surface area contributed by atoms with Gasteiger partial charge in [-0.1, -0.05) is 33.1 Å². The molecule has 3 fully saturated rings. The van der Waals surface area contributed by atoms with Crippen molar-refractivity contribution in [2.45, 2.75) is 83.7 Å². The summed E-state index contributed by atoms with van der Waals surface area (Å²) in [6.45, 7) is 4.61. The Labute approximate surface area is 136 Å². The van der Waals surface area contributed by atoms with Gasteiger partial charge in [0.25, 0.3) is 0 Å². The van der Waals surface area contributed by atoms with E-state index in [1.54, 1.807) is 0 Å². The van der Waals surface area contributed by atoms with Crippen molar-refractivity contribution in [3.8, 4) is 0 Å². The van der Waals surface area contributed by atoms with E-state index < -0.39 is 0 Å². The van der Waals surface area contributed by atoms with E-state index in [9.17, 15) is 4.79 Å². The van der Waals surface area contributed by atoms with E-state index in [1.165, 1.54) is 44.9 Å². The molecule has 0 aromatic rings. The lowest BCUT2D eigenvalue weighted by Crippen LogP contribution is -2.54. The molecule has 2 N–H and O–H groups in total. The second-order valence-electron chi connectivity index (χ2n) is 8.67. The molecular formula is C19H34N2O. The first-order chi connectivity index (χ1) is 10.5. The second-order valence-corrected chi connectivity index (χ2v) is 8.67. The molecule has 5 atom stereocenters. The van der Waals surface area contributed by atoms with Gasteiger partial charge in [-0.2, -0.15) is 0 Å². The first kappa shape index (κ1) is 16.3. The quantitative estimate of drug-likeness (QED) is 0.838. The molecule has 0 saturated heterocycles. The average Bonchev–Trinajstić information content (AvgIpc) is 2.47. The zero-order valence-corrected chi connectivity index (χ0v) is 14.7. The van der Waals surface area contributed by atoms with E-state index in [4.69, 9.17) is 0 Å². The molecule has 0 aliphatic heterocycles. The molecule has 3 saturated carbocycles. The van der Waals surface area contributed by atoms with E-state index in [0.29, 0.717) is 23.9 Å². The number of hydrogen-bond donors (Lipinski definition) is 2. The van der Waals surface area contributed by atoms with Crippen LogP contribution in [0, 0.1) is 23.2 Å². The summed E-state index contributed by atoms with van der Waals surface area (Å²) < 4.78 is 0. The highest BCUT2D eigenvalue weighted by Crippen LogP contribution is 2.50. The number of carbonyl (C=O) groups is 1. The van der Waals surface area contributed by atoms with Crippen LogP contribution in [0.1, 0.15) is 71.6 Å². The normalized spacial score (nSPS) is 42.9. The monoisotopic (exact) mass is 306 g/mol. The average molecular weight is 306 g/mol. The molecule has 3 aliphatic rings. The van der Waals surface area contributed by atoms with Crippen molar-refractivity contribution in [2.75, 3.05) is 7.05 Å². The van der Waals surface area contributed by atoms with E-state index >= 15 is 0 Å². The molecule has 3 rings (SSSR count). The third kappa shape index (κ3) is 3.20. The highest BCUT2D eigenvalue weighted by atomic mass is 16.2. The van der Waals surface area contributed by atoms with Crippen LogP contribution in [0.2, 0.25) is 0 Å². The molecule has 0 radical (unpaired) electrons. The smallest absolute Gasteiger partial charge is 0.226 e. The van der Waals surface area contributed by atoms with Crippen LogP contribution in [-0.2, 0) is 4.79 Å². The summed E-state index contributed by atoms with van der Waals surface area (Å²) in [6, 6.07) is 1.04. The Morgan fingerprint density at radius 1 is 1.09 bits per heavy atom. The van der Waals surface area contributed by atoms with Crippen molar-refractivity contribution in [1.29, 1.82) is 0 Å². The maximum Gasteiger partial charge on any atom is 0.226 e. The van der Waals surface area contributed by atoms with Gasteiger partial charge in [0.05, 0.1) is 0 Å². The lowest BCUT2D eigenvalue weighted by atomic mass is 9.57. The van der Waals surface area contributed by atoms with Crippen LogP contribution in [0.25, 0.3) is 0 Å². The molecule has 0 heterocycles. The van der Waals surface area contributed by atoms with Gasteiger partial charge in [0.15, 0.2) is 0 Å². The van der Waals surface area contributed by atoms with Gasteiger partial charge in [0.1, 0.15) is 0 Å². The second kappa shape index (κ2) is 6.51. The molecule has 1 amide bonds. The third-order valence-corrected chi connectivity index (χ3v) is 6.74. The lowest BCUT2D eigenvalue weighted by Gasteiger charge is -2.50. The maximum atomic E-state index is 13.0. The Morgan fingerprint density at radius 3 is 2.50 bits per heavy atom. The van der Waals surface area contributed by atoms with E-state index in [1.807, 2.05) is 0 Å².